The lowest BCUT2D eigenvalue weighted by molar-refractivity contribution is 0.159. The Morgan fingerprint density at radius 2 is 1.90 bits per heavy atom. The summed E-state index contributed by atoms with van der Waals surface area (Å²) in [5.74, 6) is 1.13. The van der Waals surface area contributed by atoms with Crippen molar-refractivity contribution in [2.75, 3.05) is 13.1 Å². The molecule has 5 nitrogen and oxygen atoms in total. The standard InChI is InChI=1S/C21H31N5.3CH4/c22-12-3-4-14-26(15-20-24-17-9-1-2-10-18(17)25-20)19-11-5-7-16-8-6-13-23-21(16)19;;;/h6,8,13,19H,1-5,7,9-12,14-15,22H2,(H,24,25);3*1H4. The zero-order chi connectivity index (χ0) is 17.8. The Hall–Kier alpha value is -1.72. The first-order valence-corrected chi connectivity index (χ1v) is 10.3. The second-order valence-electron chi connectivity index (χ2n) is 7.74. The van der Waals surface area contributed by atoms with Crippen molar-refractivity contribution < 1.29 is 0 Å². The lowest BCUT2D eigenvalue weighted by Crippen LogP contribution is -2.33. The topological polar surface area (TPSA) is 70.8 Å². The Labute approximate surface area is 178 Å². The summed E-state index contributed by atoms with van der Waals surface area (Å²) in [6.45, 7) is 2.71. The van der Waals surface area contributed by atoms with Crippen molar-refractivity contribution in [3.63, 3.8) is 0 Å². The minimum atomic E-state index is 0. The normalized spacial score (nSPS) is 17.4. The number of imidazole rings is 1. The molecule has 0 amide bonds. The highest BCUT2D eigenvalue weighted by Crippen LogP contribution is 2.34. The summed E-state index contributed by atoms with van der Waals surface area (Å²) >= 11 is 0. The smallest absolute Gasteiger partial charge is 0.120 e. The maximum Gasteiger partial charge on any atom is 0.120 e. The summed E-state index contributed by atoms with van der Waals surface area (Å²) in [5, 5.41) is 0. The van der Waals surface area contributed by atoms with Gasteiger partial charge < -0.3 is 10.7 Å². The fraction of sp³-hybridized carbons (Fsp3) is 0.667. The molecular formula is C24H43N5. The number of hydrogen-bond donors (Lipinski definition) is 2. The molecule has 0 radical (unpaired) electrons. The number of rotatable bonds is 7. The molecule has 3 N–H and O–H groups in total. The molecule has 29 heavy (non-hydrogen) atoms. The first-order valence-electron chi connectivity index (χ1n) is 10.3. The first-order chi connectivity index (χ1) is 12.8. The molecule has 5 heteroatoms. The minimum Gasteiger partial charge on any atom is -0.345 e. The number of unbranched alkanes of at least 4 members (excludes halogenated alkanes) is 1. The predicted molar refractivity (Wildman–Crippen MR) is 124 cm³/mol. The van der Waals surface area contributed by atoms with Crippen LogP contribution in [0, 0.1) is 0 Å². The van der Waals surface area contributed by atoms with E-state index in [0.717, 1.165) is 57.6 Å². The minimum absolute atomic E-state index is 0. The third kappa shape index (κ3) is 5.89. The van der Waals surface area contributed by atoms with Crippen molar-refractivity contribution in [3.05, 3.63) is 46.8 Å². The number of H-pyrrole nitrogens is 1. The van der Waals surface area contributed by atoms with Gasteiger partial charge in [0.1, 0.15) is 5.82 Å². The lowest BCUT2D eigenvalue weighted by atomic mass is 9.90. The van der Waals surface area contributed by atoms with Crippen LogP contribution in [-0.2, 0) is 25.8 Å². The number of nitrogens with zero attached hydrogens (tertiary/aromatic N) is 3. The lowest BCUT2D eigenvalue weighted by Gasteiger charge is -2.34. The number of nitrogens with one attached hydrogen (secondary N) is 1. The van der Waals surface area contributed by atoms with E-state index in [1.54, 1.807) is 0 Å². The van der Waals surface area contributed by atoms with E-state index >= 15 is 0 Å². The molecule has 0 bridgehead atoms. The molecule has 2 aliphatic rings. The van der Waals surface area contributed by atoms with E-state index in [-0.39, 0.29) is 22.3 Å². The second kappa shape index (κ2) is 12.1. The van der Waals surface area contributed by atoms with E-state index in [0.29, 0.717) is 6.04 Å². The summed E-state index contributed by atoms with van der Waals surface area (Å²) < 4.78 is 0. The van der Waals surface area contributed by atoms with E-state index in [1.165, 1.54) is 48.3 Å². The Morgan fingerprint density at radius 3 is 2.69 bits per heavy atom. The monoisotopic (exact) mass is 401 g/mol. The maximum atomic E-state index is 5.74. The van der Waals surface area contributed by atoms with Crippen LogP contribution in [0.25, 0.3) is 0 Å². The SMILES string of the molecule is C.C.C.NCCCCN(Cc1nc2c([nH]1)CCCC2)C1CCCc2cccnc21. The Bertz CT molecular complexity index is 700. The molecule has 2 aromatic heterocycles. The summed E-state index contributed by atoms with van der Waals surface area (Å²) in [4.78, 5) is 15.9. The van der Waals surface area contributed by atoms with E-state index in [9.17, 15) is 0 Å². The zero-order valence-electron chi connectivity index (χ0n) is 15.7. The molecule has 0 saturated heterocycles. The van der Waals surface area contributed by atoms with Gasteiger partial charge in [-0.15, -0.1) is 0 Å². The molecule has 0 saturated carbocycles. The van der Waals surface area contributed by atoms with Gasteiger partial charge in [-0.3, -0.25) is 9.88 Å². The third-order valence-corrected chi connectivity index (χ3v) is 5.86. The van der Waals surface area contributed by atoms with Crippen LogP contribution in [0.3, 0.4) is 0 Å². The van der Waals surface area contributed by atoms with Crippen LogP contribution in [0.2, 0.25) is 0 Å². The molecule has 164 valence electrons. The summed E-state index contributed by atoms with van der Waals surface area (Å²) in [7, 11) is 0. The predicted octanol–water partition coefficient (Wildman–Crippen LogP) is 5.21. The van der Waals surface area contributed by atoms with Gasteiger partial charge in [0.25, 0.3) is 0 Å². The van der Waals surface area contributed by atoms with Crippen molar-refractivity contribution in [3.8, 4) is 0 Å². The Kier molecular flexibility index (Phi) is 10.5. The van der Waals surface area contributed by atoms with E-state index in [1.807, 2.05) is 6.20 Å². The molecule has 4 rings (SSSR count). The van der Waals surface area contributed by atoms with Crippen LogP contribution in [0.5, 0.6) is 0 Å². The summed E-state index contributed by atoms with van der Waals surface area (Å²) in [5.41, 5.74) is 11.1. The summed E-state index contributed by atoms with van der Waals surface area (Å²) in [6.07, 6.45) is 12.6. The van der Waals surface area contributed by atoms with Gasteiger partial charge in [-0.1, -0.05) is 28.3 Å². The quantitative estimate of drug-likeness (QED) is 0.625. The first kappa shape index (κ1) is 25.3. The Morgan fingerprint density at radius 1 is 1.07 bits per heavy atom. The maximum absolute atomic E-state index is 5.74. The average molecular weight is 402 g/mol. The highest BCUT2D eigenvalue weighted by atomic mass is 15.2. The highest BCUT2D eigenvalue weighted by molar-refractivity contribution is 5.26. The van der Waals surface area contributed by atoms with Gasteiger partial charge in [0.05, 0.1) is 24.0 Å². The number of fused-ring (bicyclic) bond motifs is 2. The van der Waals surface area contributed by atoms with Crippen molar-refractivity contribution in [1.82, 2.24) is 19.9 Å². The third-order valence-electron chi connectivity index (χ3n) is 5.86. The molecule has 0 aromatic carbocycles. The molecule has 0 fully saturated rings. The van der Waals surface area contributed by atoms with Gasteiger partial charge in [-0.05, 0) is 82.5 Å². The number of pyridine rings is 1. The van der Waals surface area contributed by atoms with Crippen LogP contribution >= 0.6 is 0 Å². The van der Waals surface area contributed by atoms with Crippen LogP contribution in [0.4, 0.5) is 0 Å². The van der Waals surface area contributed by atoms with Crippen molar-refractivity contribution in [2.24, 2.45) is 5.73 Å². The van der Waals surface area contributed by atoms with Gasteiger partial charge in [0.2, 0.25) is 0 Å². The van der Waals surface area contributed by atoms with Crippen molar-refractivity contribution >= 4 is 0 Å². The van der Waals surface area contributed by atoms with Crippen molar-refractivity contribution in [1.29, 1.82) is 0 Å². The average Bonchev–Trinajstić information content (AvgIpc) is 3.09. The molecule has 1 unspecified atom stereocenters. The van der Waals surface area contributed by atoms with Gasteiger partial charge in [-0.25, -0.2) is 4.98 Å². The highest BCUT2D eigenvalue weighted by Gasteiger charge is 2.28. The number of aromatic nitrogens is 3. The fourth-order valence-corrected chi connectivity index (χ4v) is 4.52. The van der Waals surface area contributed by atoms with E-state index < -0.39 is 0 Å². The molecule has 2 heterocycles. The van der Waals surface area contributed by atoms with Gasteiger partial charge in [0, 0.05) is 11.9 Å². The van der Waals surface area contributed by atoms with Crippen molar-refractivity contribution in [2.45, 2.75) is 92.7 Å². The van der Waals surface area contributed by atoms with Crippen LogP contribution < -0.4 is 5.73 Å². The second-order valence-corrected chi connectivity index (χ2v) is 7.74. The van der Waals surface area contributed by atoms with Crippen LogP contribution in [0.15, 0.2) is 18.3 Å². The Balaban J connectivity index is 0.00000140. The largest absolute Gasteiger partial charge is 0.345 e. The molecule has 2 aliphatic carbocycles. The van der Waals surface area contributed by atoms with E-state index in [4.69, 9.17) is 15.7 Å². The molecule has 0 aliphatic heterocycles. The fourth-order valence-electron chi connectivity index (χ4n) is 4.52. The van der Waals surface area contributed by atoms with Gasteiger partial charge >= 0.3 is 0 Å². The zero-order valence-corrected chi connectivity index (χ0v) is 15.7. The summed E-state index contributed by atoms with van der Waals surface area (Å²) in [6, 6.07) is 4.72. The number of nitrogens with two attached hydrogens (primary N) is 1. The molecule has 0 spiro atoms. The van der Waals surface area contributed by atoms with Crippen LogP contribution in [0.1, 0.15) is 95.3 Å². The number of aryl methyl sites for hydroxylation is 3. The van der Waals surface area contributed by atoms with Crippen LogP contribution in [-0.4, -0.2) is 32.9 Å². The molecular weight excluding hydrogens is 358 g/mol. The van der Waals surface area contributed by atoms with Gasteiger partial charge in [-0.2, -0.15) is 0 Å². The number of hydrogen-bond acceptors (Lipinski definition) is 4. The number of aromatic amines is 1. The molecule has 2 aromatic rings. The molecule has 1 atom stereocenters. The van der Waals surface area contributed by atoms with E-state index in [2.05, 4.69) is 22.0 Å². The van der Waals surface area contributed by atoms with Gasteiger partial charge in [0.15, 0.2) is 0 Å².